The Bertz CT molecular complexity index is 290. The zero-order chi connectivity index (χ0) is 13.7. The fourth-order valence-corrected chi connectivity index (χ4v) is 3.66. The number of carbonyl (C=O) groups is 1. The smallest absolute Gasteiger partial charge is 0.332 e. The molecule has 1 saturated heterocycles. The van der Waals surface area contributed by atoms with Crippen LogP contribution in [0.2, 0.25) is 0 Å². The molecule has 2 aliphatic rings. The highest BCUT2D eigenvalue weighted by molar-refractivity contribution is 5.72. The van der Waals surface area contributed by atoms with Gasteiger partial charge in [-0.2, -0.15) is 0 Å². The highest BCUT2D eigenvalue weighted by Crippen LogP contribution is 2.46. The van der Waals surface area contributed by atoms with Gasteiger partial charge >= 0.3 is 5.97 Å². The maximum absolute atomic E-state index is 11.0. The van der Waals surface area contributed by atoms with Crippen molar-refractivity contribution in [1.29, 1.82) is 0 Å². The third-order valence-electron chi connectivity index (χ3n) is 4.93. The van der Waals surface area contributed by atoms with Crippen molar-refractivity contribution in [2.45, 2.75) is 58.0 Å². The molecule has 2 rings (SSSR count). The van der Waals surface area contributed by atoms with Crippen LogP contribution in [0, 0.1) is 5.41 Å². The molecule has 0 aromatic rings. The lowest BCUT2D eigenvalue weighted by atomic mass is 9.77. The summed E-state index contributed by atoms with van der Waals surface area (Å²) in [5, 5.41) is 9.06. The summed E-state index contributed by atoms with van der Waals surface area (Å²) in [6, 6.07) is 0. The lowest BCUT2D eigenvalue weighted by Crippen LogP contribution is -2.40. The van der Waals surface area contributed by atoms with Gasteiger partial charge in [-0.15, -0.1) is 0 Å². The average molecular weight is 269 g/mol. The molecule has 2 fully saturated rings. The molecule has 0 radical (unpaired) electrons. The normalized spacial score (nSPS) is 24.7. The van der Waals surface area contributed by atoms with Crippen molar-refractivity contribution in [2.75, 3.05) is 26.2 Å². The van der Waals surface area contributed by atoms with E-state index in [9.17, 15) is 4.79 Å². The molecule has 1 unspecified atom stereocenters. The number of likely N-dealkylation sites (tertiary alicyclic amines) is 1. The summed E-state index contributed by atoms with van der Waals surface area (Å²) in [7, 11) is 0. The van der Waals surface area contributed by atoms with Crippen molar-refractivity contribution in [1.82, 2.24) is 4.90 Å². The van der Waals surface area contributed by atoms with Gasteiger partial charge in [-0.05, 0) is 57.5 Å². The maximum Gasteiger partial charge on any atom is 0.332 e. The number of carboxylic acids is 1. The average Bonchev–Trinajstić information content (AvgIpc) is 2.85. The molecule has 0 aromatic heterocycles. The predicted molar refractivity (Wildman–Crippen MR) is 74.2 cm³/mol. The molecule has 19 heavy (non-hydrogen) atoms. The van der Waals surface area contributed by atoms with Crippen molar-refractivity contribution in [3.05, 3.63) is 0 Å². The third kappa shape index (κ3) is 3.93. The van der Waals surface area contributed by atoms with Gasteiger partial charge in [0.15, 0.2) is 6.10 Å². The van der Waals surface area contributed by atoms with Crippen LogP contribution in [-0.2, 0) is 9.53 Å². The van der Waals surface area contributed by atoms with Crippen LogP contribution < -0.4 is 0 Å². The monoisotopic (exact) mass is 269 g/mol. The molecule has 4 heteroatoms. The van der Waals surface area contributed by atoms with Crippen molar-refractivity contribution in [3.8, 4) is 0 Å². The summed E-state index contributed by atoms with van der Waals surface area (Å²) in [5.74, 6) is -0.828. The van der Waals surface area contributed by atoms with Gasteiger partial charge in [0.2, 0.25) is 0 Å². The quantitative estimate of drug-likeness (QED) is 0.805. The van der Waals surface area contributed by atoms with Gasteiger partial charge in [0.05, 0.1) is 0 Å². The molecular weight excluding hydrogens is 242 g/mol. The SMILES string of the molecule is CCOC(CCN1CCC2(CCCC2)CC1)C(=O)O. The third-order valence-corrected chi connectivity index (χ3v) is 4.93. The van der Waals surface area contributed by atoms with Crippen molar-refractivity contribution < 1.29 is 14.6 Å². The minimum atomic E-state index is -0.828. The van der Waals surface area contributed by atoms with Crippen molar-refractivity contribution >= 4 is 5.97 Å². The number of hydrogen-bond acceptors (Lipinski definition) is 3. The number of ether oxygens (including phenoxy) is 1. The fraction of sp³-hybridized carbons (Fsp3) is 0.933. The Morgan fingerprint density at radius 2 is 1.89 bits per heavy atom. The fourth-order valence-electron chi connectivity index (χ4n) is 3.66. The Kier molecular flexibility index (Phi) is 5.22. The summed E-state index contributed by atoms with van der Waals surface area (Å²) >= 11 is 0. The molecule has 1 aliphatic carbocycles. The van der Waals surface area contributed by atoms with Gasteiger partial charge in [-0.3, -0.25) is 0 Å². The van der Waals surface area contributed by atoms with E-state index in [1.54, 1.807) is 0 Å². The largest absolute Gasteiger partial charge is 0.479 e. The summed E-state index contributed by atoms with van der Waals surface area (Å²) in [5.41, 5.74) is 0.641. The van der Waals surface area contributed by atoms with Gasteiger partial charge in [0.25, 0.3) is 0 Å². The van der Waals surface area contributed by atoms with Gasteiger partial charge in [0.1, 0.15) is 0 Å². The summed E-state index contributed by atoms with van der Waals surface area (Å²) < 4.78 is 5.26. The van der Waals surface area contributed by atoms with Crippen molar-refractivity contribution in [2.24, 2.45) is 5.41 Å². The summed E-state index contributed by atoms with van der Waals surface area (Å²) in [6.07, 6.45) is 8.23. The van der Waals surface area contributed by atoms with E-state index in [1.807, 2.05) is 6.92 Å². The summed E-state index contributed by atoms with van der Waals surface area (Å²) in [6.45, 7) is 5.45. The van der Waals surface area contributed by atoms with Gasteiger partial charge < -0.3 is 14.7 Å². The predicted octanol–water partition coefficient (Wildman–Crippen LogP) is 2.52. The standard InChI is InChI=1S/C15H27NO3/c1-2-19-13(14(17)18)5-10-16-11-8-15(9-12-16)6-3-4-7-15/h13H,2-12H2,1H3,(H,17,18). The van der Waals surface area contributed by atoms with Crippen LogP contribution in [0.1, 0.15) is 51.9 Å². The second-order valence-corrected chi connectivity index (χ2v) is 6.12. The number of rotatable bonds is 6. The van der Waals surface area contributed by atoms with Crippen LogP contribution in [0.4, 0.5) is 0 Å². The Hall–Kier alpha value is -0.610. The lowest BCUT2D eigenvalue weighted by Gasteiger charge is -2.39. The van der Waals surface area contributed by atoms with E-state index in [0.717, 1.165) is 19.6 Å². The van der Waals surface area contributed by atoms with E-state index in [1.165, 1.54) is 38.5 Å². The molecule has 1 spiro atoms. The number of nitrogens with zero attached hydrogens (tertiary/aromatic N) is 1. The second-order valence-electron chi connectivity index (χ2n) is 6.12. The van der Waals surface area contributed by atoms with Crippen LogP contribution in [0.5, 0.6) is 0 Å². The molecule has 0 aromatic carbocycles. The number of piperidine rings is 1. The van der Waals surface area contributed by atoms with E-state index in [0.29, 0.717) is 18.4 Å². The van der Waals surface area contributed by atoms with Crippen molar-refractivity contribution in [3.63, 3.8) is 0 Å². The maximum atomic E-state index is 11.0. The minimum Gasteiger partial charge on any atom is -0.479 e. The molecular formula is C15H27NO3. The van der Waals surface area contributed by atoms with Crippen LogP contribution >= 0.6 is 0 Å². The molecule has 1 N–H and O–H groups in total. The second kappa shape index (κ2) is 6.71. The zero-order valence-corrected chi connectivity index (χ0v) is 12.1. The molecule has 0 bridgehead atoms. The number of hydrogen-bond donors (Lipinski definition) is 1. The van der Waals surface area contributed by atoms with E-state index in [4.69, 9.17) is 9.84 Å². The van der Waals surface area contributed by atoms with Gasteiger partial charge in [-0.1, -0.05) is 12.8 Å². The highest BCUT2D eigenvalue weighted by Gasteiger charge is 2.36. The van der Waals surface area contributed by atoms with E-state index >= 15 is 0 Å². The van der Waals surface area contributed by atoms with Crippen LogP contribution in [-0.4, -0.2) is 48.3 Å². The minimum absolute atomic E-state index is 0.472. The molecule has 1 heterocycles. The topological polar surface area (TPSA) is 49.8 Å². The van der Waals surface area contributed by atoms with Crippen LogP contribution in [0.3, 0.4) is 0 Å². The molecule has 1 aliphatic heterocycles. The zero-order valence-electron chi connectivity index (χ0n) is 12.1. The Morgan fingerprint density at radius 1 is 1.26 bits per heavy atom. The molecule has 110 valence electrons. The Morgan fingerprint density at radius 3 is 2.42 bits per heavy atom. The van der Waals surface area contributed by atoms with Gasteiger partial charge in [-0.25, -0.2) is 4.79 Å². The van der Waals surface area contributed by atoms with Gasteiger partial charge in [0, 0.05) is 13.2 Å². The first-order chi connectivity index (χ1) is 9.15. The molecule has 4 nitrogen and oxygen atoms in total. The van der Waals surface area contributed by atoms with E-state index < -0.39 is 12.1 Å². The van der Waals surface area contributed by atoms with E-state index in [2.05, 4.69) is 4.90 Å². The first-order valence-corrected chi connectivity index (χ1v) is 7.72. The van der Waals surface area contributed by atoms with E-state index in [-0.39, 0.29) is 0 Å². The van der Waals surface area contributed by atoms with Crippen LogP contribution in [0.25, 0.3) is 0 Å². The summed E-state index contributed by atoms with van der Waals surface area (Å²) in [4.78, 5) is 13.4. The number of carboxylic acid groups (broad SMARTS) is 1. The highest BCUT2D eigenvalue weighted by atomic mass is 16.5. The first kappa shape index (κ1) is 14.8. The Labute approximate surface area is 116 Å². The van der Waals surface area contributed by atoms with Crippen LogP contribution in [0.15, 0.2) is 0 Å². The Balaban J connectivity index is 1.71. The number of aliphatic carboxylic acids is 1. The molecule has 1 atom stereocenters. The molecule has 0 amide bonds. The lowest BCUT2D eigenvalue weighted by molar-refractivity contribution is -0.150. The first-order valence-electron chi connectivity index (χ1n) is 7.72. The molecule has 1 saturated carbocycles.